The number of carbonyl (C=O) groups is 2. The van der Waals surface area contributed by atoms with Crippen molar-refractivity contribution < 1.29 is 27.5 Å². The average molecular weight is 430 g/mol. The van der Waals surface area contributed by atoms with Crippen molar-refractivity contribution in [3.8, 4) is 0 Å². The first-order valence-electron chi connectivity index (χ1n) is 7.40. The lowest BCUT2D eigenvalue weighted by Gasteiger charge is -2.09. The summed E-state index contributed by atoms with van der Waals surface area (Å²) in [6, 6.07) is 3.04. The van der Waals surface area contributed by atoms with Gasteiger partial charge < -0.3 is 21.9 Å². The van der Waals surface area contributed by atoms with Gasteiger partial charge >= 0.3 is 5.97 Å². The van der Waals surface area contributed by atoms with Crippen LogP contribution in [0.2, 0.25) is 0 Å². The molecule has 1 aromatic heterocycles. The van der Waals surface area contributed by atoms with Gasteiger partial charge in [-0.2, -0.15) is 0 Å². The standard InChI is InChI=1S/C14H15FN6O5S2/c15-9-3-8(2-1-7(9)4-18-10(22)5-19-14(16)17)28(25,26)21-12-11(13(23)24)20-6-27-12/h1-3,6,21H,4-5H2,(H,18,22)(H,23,24)(H4,16,17,19). The van der Waals surface area contributed by atoms with Crippen LogP contribution in [0, 0.1) is 5.82 Å². The predicted molar refractivity (Wildman–Crippen MR) is 98.8 cm³/mol. The number of guanidine groups is 1. The highest BCUT2D eigenvalue weighted by Gasteiger charge is 2.22. The van der Waals surface area contributed by atoms with Gasteiger partial charge in [-0.3, -0.25) is 9.52 Å². The van der Waals surface area contributed by atoms with Gasteiger partial charge in [0.15, 0.2) is 11.7 Å². The summed E-state index contributed by atoms with van der Waals surface area (Å²) >= 11 is 0.773. The fourth-order valence-corrected chi connectivity index (χ4v) is 3.90. The zero-order chi connectivity index (χ0) is 20.9. The maximum Gasteiger partial charge on any atom is 0.357 e. The number of benzene rings is 1. The molecule has 1 amide bonds. The molecule has 0 radical (unpaired) electrons. The molecule has 0 fully saturated rings. The third kappa shape index (κ3) is 5.37. The van der Waals surface area contributed by atoms with E-state index in [4.69, 9.17) is 16.6 Å². The number of nitrogens with zero attached hydrogens (tertiary/aromatic N) is 2. The maximum atomic E-state index is 14.2. The number of carboxylic acid groups (broad SMARTS) is 1. The Morgan fingerprint density at radius 1 is 1.32 bits per heavy atom. The summed E-state index contributed by atoms with van der Waals surface area (Å²) < 4.78 is 41.0. The summed E-state index contributed by atoms with van der Waals surface area (Å²) in [5, 5.41) is 11.1. The molecule has 14 heteroatoms. The van der Waals surface area contributed by atoms with Crippen LogP contribution in [0.1, 0.15) is 16.1 Å². The van der Waals surface area contributed by atoms with E-state index >= 15 is 0 Å². The summed E-state index contributed by atoms with van der Waals surface area (Å²) in [7, 11) is -4.24. The number of amides is 1. The molecule has 28 heavy (non-hydrogen) atoms. The van der Waals surface area contributed by atoms with Gasteiger partial charge in [-0.25, -0.2) is 27.6 Å². The molecule has 11 nitrogen and oxygen atoms in total. The Morgan fingerprint density at radius 3 is 2.64 bits per heavy atom. The Labute approximate surface area is 162 Å². The number of hydrogen-bond acceptors (Lipinski definition) is 7. The molecular formula is C14H15FN6O5S2. The van der Waals surface area contributed by atoms with E-state index in [1.165, 1.54) is 6.07 Å². The molecule has 1 aromatic carbocycles. The van der Waals surface area contributed by atoms with Gasteiger partial charge in [0.05, 0.1) is 10.4 Å². The third-order valence-electron chi connectivity index (χ3n) is 3.21. The zero-order valence-corrected chi connectivity index (χ0v) is 15.7. The van der Waals surface area contributed by atoms with Crippen molar-refractivity contribution in [1.82, 2.24) is 10.3 Å². The highest BCUT2D eigenvalue weighted by molar-refractivity contribution is 7.93. The molecule has 150 valence electrons. The SMILES string of the molecule is NC(N)=NCC(=O)NCc1ccc(S(=O)(=O)Nc2scnc2C(=O)O)cc1F. The zero-order valence-electron chi connectivity index (χ0n) is 14.0. The molecule has 0 aliphatic rings. The predicted octanol–water partition coefficient (Wildman–Crippen LogP) is -0.329. The highest BCUT2D eigenvalue weighted by Crippen LogP contribution is 2.24. The lowest BCUT2D eigenvalue weighted by atomic mass is 10.2. The monoisotopic (exact) mass is 430 g/mol. The maximum absolute atomic E-state index is 14.2. The van der Waals surface area contributed by atoms with Crippen LogP contribution >= 0.6 is 11.3 Å². The van der Waals surface area contributed by atoms with Crippen LogP contribution in [0.5, 0.6) is 0 Å². The van der Waals surface area contributed by atoms with Crippen LogP contribution in [0.15, 0.2) is 33.6 Å². The third-order valence-corrected chi connectivity index (χ3v) is 5.43. The van der Waals surface area contributed by atoms with E-state index in [9.17, 15) is 22.4 Å². The minimum Gasteiger partial charge on any atom is -0.476 e. The Bertz CT molecular complexity index is 1030. The molecule has 2 aromatic rings. The van der Waals surface area contributed by atoms with E-state index in [2.05, 4.69) is 20.0 Å². The van der Waals surface area contributed by atoms with E-state index in [-0.39, 0.29) is 29.6 Å². The van der Waals surface area contributed by atoms with Gasteiger partial charge in [-0.05, 0) is 12.1 Å². The molecule has 0 bridgehead atoms. The smallest absolute Gasteiger partial charge is 0.357 e. The van der Waals surface area contributed by atoms with Gasteiger partial charge in [0.2, 0.25) is 5.91 Å². The number of aromatic carboxylic acids is 1. The first-order chi connectivity index (χ1) is 13.1. The van der Waals surface area contributed by atoms with Gasteiger partial charge in [-0.15, -0.1) is 11.3 Å². The molecule has 0 spiro atoms. The van der Waals surface area contributed by atoms with E-state index < -0.39 is 38.3 Å². The van der Waals surface area contributed by atoms with Gasteiger partial charge in [0.1, 0.15) is 17.4 Å². The molecule has 0 aliphatic heterocycles. The van der Waals surface area contributed by atoms with Crippen LogP contribution < -0.4 is 21.5 Å². The van der Waals surface area contributed by atoms with E-state index in [0.717, 1.165) is 29.0 Å². The van der Waals surface area contributed by atoms with Crippen molar-refractivity contribution in [2.45, 2.75) is 11.4 Å². The number of nitrogens with two attached hydrogens (primary N) is 2. The van der Waals surface area contributed by atoms with Gasteiger partial charge in [0, 0.05) is 12.1 Å². The number of hydrogen-bond donors (Lipinski definition) is 5. The molecule has 7 N–H and O–H groups in total. The summed E-state index contributed by atoms with van der Waals surface area (Å²) in [6.45, 7) is -0.544. The van der Waals surface area contributed by atoms with E-state index in [1.807, 2.05) is 0 Å². The van der Waals surface area contributed by atoms with Crippen molar-refractivity contribution in [2.24, 2.45) is 16.5 Å². The number of aliphatic imine (C=N–C) groups is 1. The molecule has 0 unspecified atom stereocenters. The number of sulfonamides is 1. The van der Waals surface area contributed by atoms with Crippen molar-refractivity contribution in [1.29, 1.82) is 0 Å². The van der Waals surface area contributed by atoms with Crippen LogP contribution in [0.25, 0.3) is 0 Å². The number of halogens is 1. The second kappa shape index (κ2) is 8.62. The van der Waals surface area contributed by atoms with Crippen LogP contribution in [-0.4, -0.2) is 42.9 Å². The Hall–Kier alpha value is -3.26. The normalized spacial score (nSPS) is 10.9. The number of rotatable bonds is 8. The number of nitrogens with one attached hydrogen (secondary N) is 2. The van der Waals surface area contributed by atoms with Gasteiger partial charge in [-0.1, -0.05) is 6.07 Å². The van der Waals surface area contributed by atoms with E-state index in [1.54, 1.807) is 0 Å². The molecule has 0 saturated heterocycles. The fraction of sp³-hybridized carbons (Fsp3) is 0.143. The molecule has 0 atom stereocenters. The van der Waals surface area contributed by atoms with Crippen molar-refractivity contribution in [3.63, 3.8) is 0 Å². The summed E-state index contributed by atoms with van der Waals surface area (Å²) in [5.74, 6) is -3.11. The minimum absolute atomic E-state index is 0.0287. The fourth-order valence-electron chi connectivity index (χ4n) is 1.90. The first kappa shape index (κ1) is 21.0. The van der Waals surface area contributed by atoms with Crippen LogP contribution in [0.4, 0.5) is 9.39 Å². The summed E-state index contributed by atoms with van der Waals surface area (Å²) in [6.07, 6.45) is 0. The number of aromatic nitrogens is 1. The van der Waals surface area contributed by atoms with Gasteiger partial charge in [0.25, 0.3) is 10.0 Å². The largest absolute Gasteiger partial charge is 0.476 e. The Morgan fingerprint density at radius 2 is 2.04 bits per heavy atom. The van der Waals surface area contributed by atoms with Crippen LogP contribution in [0.3, 0.4) is 0 Å². The molecule has 1 heterocycles. The second-order valence-corrected chi connectivity index (χ2v) is 7.75. The number of anilines is 1. The lowest BCUT2D eigenvalue weighted by Crippen LogP contribution is -2.29. The molecule has 0 aliphatic carbocycles. The Kier molecular flexibility index (Phi) is 6.48. The number of carbonyl (C=O) groups excluding carboxylic acids is 1. The summed E-state index contributed by atoms with van der Waals surface area (Å²) in [5.41, 5.74) is 10.9. The van der Waals surface area contributed by atoms with Crippen molar-refractivity contribution >= 4 is 44.2 Å². The molecular weight excluding hydrogens is 415 g/mol. The quantitative estimate of drug-likeness (QED) is 0.278. The molecule has 0 saturated carbocycles. The van der Waals surface area contributed by atoms with E-state index in [0.29, 0.717) is 0 Å². The molecule has 2 rings (SSSR count). The average Bonchev–Trinajstić information content (AvgIpc) is 3.06. The topological polar surface area (TPSA) is 190 Å². The number of thiazole rings is 1. The first-order valence-corrected chi connectivity index (χ1v) is 9.76. The highest BCUT2D eigenvalue weighted by atomic mass is 32.2. The summed E-state index contributed by atoms with van der Waals surface area (Å²) in [4.78, 5) is 29.1. The van der Waals surface area contributed by atoms with Crippen molar-refractivity contribution in [2.75, 3.05) is 11.3 Å². The van der Waals surface area contributed by atoms with Crippen molar-refractivity contribution in [3.05, 3.63) is 40.8 Å². The second-order valence-electron chi connectivity index (χ2n) is 5.21. The van der Waals surface area contributed by atoms with Crippen LogP contribution in [-0.2, 0) is 21.4 Å². The minimum atomic E-state index is -4.24. The number of carboxylic acids is 1. The Balaban J connectivity index is 2.12. The lowest BCUT2D eigenvalue weighted by molar-refractivity contribution is -0.119.